The van der Waals surface area contributed by atoms with Crippen LogP contribution >= 0.6 is 0 Å². The lowest BCUT2D eigenvalue weighted by atomic mass is 10.2. The number of amides is 1. The third kappa shape index (κ3) is 3.70. The molecule has 0 fully saturated rings. The molecule has 0 radical (unpaired) electrons. The van der Waals surface area contributed by atoms with E-state index in [1.54, 1.807) is 38.2 Å². The molecular formula is C13H21N3O2. The lowest BCUT2D eigenvalue weighted by molar-refractivity contribution is -0.127. The van der Waals surface area contributed by atoms with Crippen LogP contribution in [0.25, 0.3) is 0 Å². The van der Waals surface area contributed by atoms with Crippen molar-refractivity contribution in [3.05, 3.63) is 24.0 Å². The molecule has 0 saturated carbocycles. The summed E-state index contributed by atoms with van der Waals surface area (Å²) in [5, 5.41) is 9.39. The van der Waals surface area contributed by atoms with Crippen molar-refractivity contribution in [1.29, 1.82) is 0 Å². The number of hydrogen-bond donors (Lipinski definition) is 1. The van der Waals surface area contributed by atoms with E-state index in [4.69, 9.17) is 0 Å². The second-order valence-electron chi connectivity index (χ2n) is 4.42. The SMILES string of the molecule is CCN(CC(=O)N(C)C)c1ccc(C(C)O)nc1. The van der Waals surface area contributed by atoms with Crippen molar-refractivity contribution in [2.75, 3.05) is 32.1 Å². The molecule has 0 spiro atoms. The molecule has 1 atom stereocenters. The number of pyridine rings is 1. The first kappa shape index (κ1) is 14.4. The molecule has 5 heteroatoms. The molecule has 0 saturated heterocycles. The van der Waals surface area contributed by atoms with Crippen LogP contribution in [0.5, 0.6) is 0 Å². The van der Waals surface area contributed by atoms with Crippen molar-refractivity contribution in [2.24, 2.45) is 0 Å². The van der Waals surface area contributed by atoms with E-state index in [1.807, 2.05) is 17.9 Å². The lowest BCUT2D eigenvalue weighted by Gasteiger charge is -2.24. The summed E-state index contributed by atoms with van der Waals surface area (Å²) in [4.78, 5) is 19.4. The van der Waals surface area contributed by atoms with E-state index in [0.29, 0.717) is 12.2 Å². The smallest absolute Gasteiger partial charge is 0.241 e. The van der Waals surface area contributed by atoms with Crippen LogP contribution < -0.4 is 4.90 Å². The van der Waals surface area contributed by atoms with E-state index >= 15 is 0 Å². The summed E-state index contributed by atoms with van der Waals surface area (Å²) in [5.74, 6) is 0.0523. The largest absolute Gasteiger partial charge is 0.387 e. The van der Waals surface area contributed by atoms with Gasteiger partial charge in [-0.2, -0.15) is 0 Å². The molecule has 5 nitrogen and oxygen atoms in total. The van der Waals surface area contributed by atoms with Crippen molar-refractivity contribution in [3.63, 3.8) is 0 Å². The van der Waals surface area contributed by atoms with Crippen LogP contribution in [0.1, 0.15) is 25.6 Å². The van der Waals surface area contributed by atoms with Gasteiger partial charge in [-0.05, 0) is 26.0 Å². The minimum atomic E-state index is -0.572. The van der Waals surface area contributed by atoms with Crippen LogP contribution in [0.4, 0.5) is 5.69 Å². The predicted octanol–water partition coefficient (Wildman–Crippen LogP) is 1.05. The van der Waals surface area contributed by atoms with Gasteiger partial charge in [0.15, 0.2) is 0 Å². The van der Waals surface area contributed by atoms with Crippen molar-refractivity contribution < 1.29 is 9.90 Å². The zero-order valence-corrected chi connectivity index (χ0v) is 11.4. The number of aliphatic hydroxyl groups is 1. The average molecular weight is 251 g/mol. The van der Waals surface area contributed by atoms with E-state index in [9.17, 15) is 9.90 Å². The van der Waals surface area contributed by atoms with E-state index in [2.05, 4.69) is 4.98 Å². The first-order valence-corrected chi connectivity index (χ1v) is 6.04. The summed E-state index contributed by atoms with van der Waals surface area (Å²) in [5.41, 5.74) is 1.52. The number of likely N-dealkylation sites (N-methyl/N-ethyl adjacent to an activating group) is 2. The molecular weight excluding hydrogens is 230 g/mol. The zero-order chi connectivity index (χ0) is 13.7. The fourth-order valence-corrected chi connectivity index (χ4v) is 1.52. The Morgan fingerprint density at radius 1 is 1.44 bits per heavy atom. The quantitative estimate of drug-likeness (QED) is 0.850. The second kappa shape index (κ2) is 6.35. The Kier molecular flexibility index (Phi) is 5.09. The maximum atomic E-state index is 11.7. The van der Waals surface area contributed by atoms with Gasteiger partial charge >= 0.3 is 0 Å². The molecule has 1 aromatic heterocycles. The number of anilines is 1. The highest BCUT2D eigenvalue weighted by Crippen LogP contribution is 2.16. The molecule has 0 aliphatic heterocycles. The van der Waals surface area contributed by atoms with Crippen LogP contribution in [-0.2, 0) is 4.79 Å². The Bertz CT molecular complexity index is 388. The van der Waals surface area contributed by atoms with E-state index < -0.39 is 6.10 Å². The van der Waals surface area contributed by atoms with Crippen LogP contribution in [0.15, 0.2) is 18.3 Å². The third-order valence-corrected chi connectivity index (χ3v) is 2.77. The Labute approximate surface area is 108 Å². The summed E-state index contributed by atoms with van der Waals surface area (Å²) in [6, 6.07) is 3.66. The van der Waals surface area contributed by atoms with Crippen molar-refractivity contribution in [1.82, 2.24) is 9.88 Å². The standard InChI is InChI=1S/C13H21N3O2/c1-5-16(9-13(18)15(3)4)11-6-7-12(10(2)17)14-8-11/h6-8,10,17H,5,9H2,1-4H3. The number of aromatic nitrogens is 1. The van der Waals surface area contributed by atoms with Gasteiger partial charge in [0, 0.05) is 20.6 Å². The number of aliphatic hydroxyl groups excluding tert-OH is 1. The Hall–Kier alpha value is -1.62. The minimum Gasteiger partial charge on any atom is -0.387 e. The Morgan fingerprint density at radius 3 is 2.50 bits per heavy atom. The molecule has 1 amide bonds. The molecule has 18 heavy (non-hydrogen) atoms. The normalized spacial score (nSPS) is 12.1. The number of hydrogen-bond acceptors (Lipinski definition) is 4. The number of carbonyl (C=O) groups is 1. The molecule has 1 heterocycles. The van der Waals surface area contributed by atoms with Gasteiger partial charge in [0.2, 0.25) is 5.91 Å². The Balaban J connectivity index is 2.79. The van der Waals surface area contributed by atoms with E-state index in [0.717, 1.165) is 12.2 Å². The zero-order valence-electron chi connectivity index (χ0n) is 11.4. The van der Waals surface area contributed by atoms with Crippen molar-refractivity contribution >= 4 is 11.6 Å². The molecule has 0 aromatic carbocycles. The maximum Gasteiger partial charge on any atom is 0.241 e. The summed E-state index contributed by atoms with van der Waals surface area (Å²) >= 11 is 0. The molecule has 100 valence electrons. The lowest BCUT2D eigenvalue weighted by Crippen LogP contribution is -2.36. The molecule has 1 unspecified atom stereocenters. The summed E-state index contributed by atoms with van der Waals surface area (Å²) in [6.07, 6.45) is 1.12. The average Bonchev–Trinajstić information content (AvgIpc) is 2.35. The predicted molar refractivity (Wildman–Crippen MR) is 71.5 cm³/mol. The van der Waals surface area contributed by atoms with Gasteiger partial charge in [-0.15, -0.1) is 0 Å². The molecule has 1 N–H and O–H groups in total. The molecule has 1 rings (SSSR count). The van der Waals surface area contributed by atoms with E-state index in [-0.39, 0.29) is 5.91 Å². The fourth-order valence-electron chi connectivity index (χ4n) is 1.52. The van der Waals surface area contributed by atoms with E-state index in [1.165, 1.54) is 0 Å². The monoisotopic (exact) mass is 251 g/mol. The van der Waals surface area contributed by atoms with Gasteiger partial charge in [0.1, 0.15) is 0 Å². The highest BCUT2D eigenvalue weighted by molar-refractivity contribution is 5.80. The maximum absolute atomic E-state index is 11.7. The highest BCUT2D eigenvalue weighted by atomic mass is 16.3. The summed E-state index contributed by atoms with van der Waals surface area (Å²) in [7, 11) is 3.48. The van der Waals surface area contributed by atoms with Gasteiger partial charge in [0.05, 0.1) is 30.2 Å². The molecule has 1 aromatic rings. The number of carbonyl (C=O) groups excluding carboxylic acids is 1. The topological polar surface area (TPSA) is 56.7 Å². The highest BCUT2D eigenvalue weighted by Gasteiger charge is 2.12. The van der Waals surface area contributed by atoms with Crippen LogP contribution in [-0.4, -0.2) is 48.1 Å². The summed E-state index contributed by atoms with van der Waals surface area (Å²) in [6.45, 7) is 4.73. The van der Waals surface area contributed by atoms with Crippen LogP contribution in [0.3, 0.4) is 0 Å². The first-order chi connectivity index (χ1) is 8.45. The van der Waals surface area contributed by atoms with Crippen LogP contribution in [0.2, 0.25) is 0 Å². The van der Waals surface area contributed by atoms with Crippen molar-refractivity contribution in [2.45, 2.75) is 20.0 Å². The van der Waals surface area contributed by atoms with Crippen molar-refractivity contribution in [3.8, 4) is 0 Å². The number of rotatable bonds is 5. The number of nitrogens with zero attached hydrogens (tertiary/aromatic N) is 3. The van der Waals surface area contributed by atoms with Crippen LogP contribution in [0, 0.1) is 0 Å². The molecule has 0 bridgehead atoms. The van der Waals surface area contributed by atoms with Gasteiger partial charge in [0.25, 0.3) is 0 Å². The third-order valence-electron chi connectivity index (χ3n) is 2.77. The first-order valence-electron chi connectivity index (χ1n) is 6.04. The van der Waals surface area contributed by atoms with Gasteiger partial charge in [-0.25, -0.2) is 0 Å². The molecule has 0 aliphatic carbocycles. The second-order valence-corrected chi connectivity index (χ2v) is 4.42. The van der Waals surface area contributed by atoms with Gasteiger partial charge in [-0.3, -0.25) is 9.78 Å². The van der Waals surface area contributed by atoms with Gasteiger partial charge < -0.3 is 14.9 Å². The minimum absolute atomic E-state index is 0.0523. The van der Waals surface area contributed by atoms with Gasteiger partial charge in [-0.1, -0.05) is 0 Å². The Morgan fingerprint density at radius 2 is 2.11 bits per heavy atom. The molecule has 0 aliphatic rings. The summed E-state index contributed by atoms with van der Waals surface area (Å²) < 4.78 is 0. The fraction of sp³-hybridized carbons (Fsp3) is 0.538.